The Labute approximate surface area is 196 Å². The lowest BCUT2D eigenvalue weighted by molar-refractivity contribution is -0.142. The molecule has 4 atom stereocenters. The summed E-state index contributed by atoms with van der Waals surface area (Å²) in [6.45, 7) is 1.77. The summed E-state index contributed by atoms with van der Waals surface area (Å²) in [4.78, 5) is 67.0. The number of carboxylic acid groups (broad SMARTS) is 2. The number of hydrogen-bond acceptors (Lipinski definition) is 8. The van der Waals surface area contributed by atoms with Gasteiger partial charge in [0.2, 0.25) is 17.7 Å². The maximum absolute atomic E-state index is 12.9. The SMILES string of the molecule is CC(N)C(=O)NC(CCC(=O)O)C(=O)NC(Cc1cnc[nH]1)C(=O)NC(CCCCN)C(=O)O. The third-order valence-corrected chi connectivity index (χ3v) is 4.87. The fourth-order valence-corrected chi connectivity index (χ4v) is 2.96. The summed E-state index contributed by atoms with van der Waals surface area (Å²) in [5.41, 5.74) is 11.4. The van der Waals surface area contributed by atoms with Crippen LogP contribution in [0.1, 0.15) is 44.7 Å². The fraction of sp³-hybridized carbons (Fsp3) is 0.600. The highest BCUT2D eigenvalue weighted by Gasteiger charge is 2.30. The minimum absolute atomic E-state index is 0.0560. The summed E-state index contributed by atoms with van der Waals surface area (Å²) in [5, 5.41) is 25.7. The number of rotatable bonds is 16. The largest absolute Gasteiger partial charge is 0.481 e. The van der Waals surface area contributed by atoms with Crippen molar-refractivity contribution in [2.75, 3.05) is 6.54 Å². The molecule has 0 radical (unpaired) electrons. The van der Waals surface area contributed by atoms with Crippen LogP contribution >= 0.6 is 0 Å². The van der Waals surface area contributed by atoms with E-state index in [0.29, 0.717) is 25.1 Å². The molecule has 14 nitrogen and oxygen atoms in total. The number of H-pyrrole nitrogens is 1. The van der Waals surface area contributed by atoms with Crippen molar-refractivity contribution in [2.45, 2.75) is 69.6 Å². The Morgan fingerprint density at radius 2 is 1.59 bits per heavy atom. The normalized spacial score (nSPS) is 14.3. The number of carboxylic acids is 2. The molecule has 0 aliphatic carbocycles. The van der Waals surface area contributed by atoms with Crippen molar-refractivity contribution in [1.29, 1.82) is 0 Å². The number of nitrogens with two attached hydrogens (primary N) is 2. The number of amides is 3. The molecule has 14 heteroatoms. The number of hydrogen-bond donors (Lipinski definition) is 8. The van der Waals surface area contributed by atoms with Crippen molar-refractivity contribution in [3.8, 4) is 0 Å². The molecular formula is C20H33N7O7. The molecule has 0 bridgehead atoms. The van der Waals surface area contributed by atoms with Crippen LogP contribution in [0.4, 0.5) is 0 Å². The molecular weight excluding hydrogens is 450 g/mol. The zero-order chi connectivity index (χ0) is 25.7. The minimum atomic E-state index is -1.27. The molecule has 34 heavy (non-hydrogen) atoms. The van der Waals surface area contributed by atoms with E-state index in [4.69, 9.17) is 16.6 Å². The van der Waals surface area contributed by atoms with Gasteiger partial charge in [-0.2, -0.15) is 0 Å². The average Bonchev–Trinajstić information content (AvgIpc) is 3.27. The average molecular weight is 484 g/mol. The topological polar surface area (TPSA) is 243 Å². The molecule has 3 amide bonds. The molecule has 1 aromatic heterocycles. The van der Waals surface area contributed by atoms with Gasteiger partial charge in [-0.3, -0.25) is 19.2 Å². The second-order valence-electron chi connectivity index (χ2n) is 7.81. The van der Waals surface area contributed by atoms with Gasteiger partial charge in [0, 0.05) is 24.7 Å². The van der Waals surface area contributed by atoms with Gasteiger partial charge in [-0.25, -0.2) is 9.78 Å². The van der Waals surface area contributed by atoms with Gasteiger partial charge in [0.05, 0.1) is 12.4 Å². The maximum atomic E-state index is 12.9. The quantitative estimate of drug-likeness (QED) is 0.118. The number of unbranched alkanes of at least 4 members (excludes halogenated alkanes) is 1. The Hall–Kier alpha value is -3.52. The van der Waals surface area contributed by atoms with Crippen LogP contribution in [-0.2, 0) is 30.4 Å². The van der Waals surface area contributed by atoms with Crippen molar-refractivity contribution in [3.05, 3.63) is 18.2 Å². The number of nitrogens with zero attached hydrogens (tertiary/aromatic N) is 1. The zero-order valence-electron chi connectivity index (χ0n) is 19.0. The number of aromatic nitrogens is 2. The van der Waals surface area contributed by atoms with Crippen LogP contribution in [0.5, 0.6) is 0 Å². The predicted octanol–water partition coefficient (Wildman–Crippen LogP) is -2.17. The Bertz CT molecular complexity index is 829. The lowest BCUT2D eigenvalue weighted by atomic mass is 10.1. The number of imidazole rings is 1. The molecule has 0 spiro atoms. The Balaban J connectivity index is 3.02. The summed E-state index contributed by atoms with van der Waals surface area (Å²) in [6.07, 6.45) is 3.30. The lowest BCUT2D eigenvalue weighted by Gasteiger charge is -2.24. The molecule has 0 aromatic carbocycles. The lowest BCUT2D eigenvalue weighted by Crippen LogP contribution is -2.57. The van der Waals surface area contributed by atoms with Gasteiger partial charge in [0.25, 0.3) is 0 Å². The van der Waals surface area contributed by atoms with Gasteiger partial charge >= 0.3 is 11.9 Å². The number of nitrogens with one attached hydrogen (secondary N) is 4. The molecule has 0 aliphatic heterocycles. The second kappa shape index (κ2) is 14.6. The molecule has 4 unspecified atom stereocenters. The summed E-state index contributed by atoms with van der Waals surface area (Å²) in [7, 11) is 0. The van der Waals surface area contributed by atoms with E-state index >= 15 is 0 Å². The first-order valence-corrected chi connectivity index (χ1v) is 10.8. The van der Waals surface area contributed by atoms with Crippen LogP contribution in [-0.4, -0.2) is 80.6 Å². The van der Waals surface area contributed by atoms with Crippen LogP contribution in [0.3, 0.4) is 0 Å². The standard InChI is InChI=1S/C20H33N7O7/c1-11(22)17(30)25-13(5-6-16(28)29)18(31)27-15(8-12-9-23-10-24-12)19(32)26-14(20(33)34)4-2-3-7-21/h9-11,13-15H,2-8,21-22H2,1H3,(H,23,24)(H,25,30)(H,26,32)(H,27,31)(H,28,29)(H,33,34). The predicted molar refractivity (Wildman–Crippen MR) is 119 cm³/mol. The first kappa shape index (κ1) is 28.5. The van der Waals surface area contributed by atoms with Crippen LogP contribution in [0.25, 0.3) is 0 Å². The van der Waals surface area contributed by atoms with E-state index in [1.165, 1.54) is 19.4 Å². The van der Waals surface area contributed by atoms with Gasteiger partial charge in [-0.1, -0.05) is 0 Å². The van der Waals surface area contributed by atoms with E-state index in [1.54, 1.807) is 0 Å². The smallest absolute Gasteiger partial charge is 0.326 e. The van der Waals surface area contributed by atoms with Crippen molar-refractivity contribution in [3.63, 3.8) is 0 Å². The van der Waals surface area contributed by atoms with Crippen molar-refractivity contribution in [1.82, 2.24) is 25.9 Å². The van der Waals surface area contributed by atoms with Crippen LogP contribution in [0.15, 0.2) is 12.5 Å². The van der Waals surface area contributed by atoms with E-state index in [2.05, 4.69) is 25.9 Å². The zero-order valence-corrected chi connectivity index (χ0v) is 19.0. The summed E-state index contributed by atoms with van der Waals surface area (Å²) < 4.78 is 0. The monoisotopic (exact) mass is 483 g/mol. The van der Waals surface area contributed by atoms with E-state index < -0.39 is 60.2 Å². The molecule has 0 fully saturated rings. The highest BCUT2D eigenvalue weighted by atomic mass is 16.4. The van der Waals surface area contributed by atoms with E-state index in [1.807, 2.05) is 0 Å². The Morgan fingerprint density at radius 1 is 0.971 bits per heavy atom. The maximum Gasteiger partial charge on any atom is 0.326 e. The molecule has 0 saturated carbocycles. The second-order valence-corrected chi connectivity index (χ2v) is 7.81. The molecule has 0 aliphatic rings. The van der Waals surface area contributed by atoms with Crippen LogP contribution < -0.4 is 27.4 Å². The van der Waals surface area contributed by atoms with Crippen molar-refractivity contribution < 1.29 is 34.2 Å². The third-order valence-electron chi connectivity index (χ3n) is 4.87. The van der Waals surface area contributed by atoms with Gasteiger partial charge in [-0.05, 0) is 39.2 Å². The molecule has 190 valence electrons. The number of aromatic amines is 1. The van der Waals surface area contributed by atoms with Gasteiger partial charge < -0.3 is 42.6 Å². The molecule has 1 rings (SSSR count). The summed E-state index contributed by atoms with van der Waals surface area (Å²) >= 11 is 0. The third kappa shape index (κ3) is 10.4. The molecule has 1 aromatic rings. The van der Waals surface area contributed by atoms with E-state index in [-0.39, 0.29) is 19.3 Å². The van der Waals surface area contributed by atoms with Gasteiger partial charge in [0.15, 0.2) is 0 Å². The molecule has 1 heterocycles. The van der Waals surface area contributed by atoms with Crippen LogP contribution in [0, 0.1) is 0 Å². The van der Waals surface area contributed by atoms with Crippen molar-refractivity contribution >= 4 is 29.7 Å². The number of carbonyl (C=O) groups is 5. The van der Waals surface area contributed by atoms with Crippen LogP contribution in [0.2, 0.25) is 0 Å². The molecule has 10 N–H and O–H groups in total. The minimum Gasteiger partial charge on any atom is -0.481 e. The first-order chi connectivity index (χ1) is 16.0. The number of aliphatic carboxylic acids is 2. The van der Waals surface area contributed by atoms with Gasteiger partial charge in [0.1, 0.15) is 18.1 Å². The number of carbonyl (C=O) groups excluding carboxylic acids is 3. The van der Waals surface area contributed by atoms with E-state index in [9.17, 15) is 29.1 Å². The summed E-state index contributed by atoms with van der Waals surface area (Å²) in [6, 6.07) is -4.65. The summed E-state index contributed by atoms with van der Waals surface area (Å²) in [5.74, 6) is -4.67. The Morgan fingerprint density at radius 3 is 2.12 bits per heavy atom. The van der Waals surface area contributed by atoms with E-state index in [0.717, 1.165) is 0 Å². The molecule has 0 saturated heterocycles. The first-order valence-electron chi connectivity index (χ1n) is 10.8. The highest BCUT2D eigenvalue weighted by molar-refractivity contribution is 5.94. The Kier molecular flexibility index (Phi) is 12.2. The van der Waals surface area contributed by atoms with Gasteiger partial charge in [-0.15, -0.1) is 0 Å². The van der Waals surface area contributed by atoms with Crippen molar-refractivity contribution in [2.24, 2.45) is 11.5 Å². The fourth-order valence-electron chi connectivity index (χ4n) is 2.96. The highest BCUT2D eigenvalue weighted by Crippen LogP contribution is 2.06.